The molecule has 1 aromatic heterocycles. The molecule has 0 radical (unpaired) electrons. The maximum Gasteiger partial charge on any atom is 0.252 e. The number of carbonyl (C=O) groups is 1. The summed E-state index contributed by atoms with van der Waals surface area (Å²) in [7, 11) is 0. The second kappa shape index (κ2) is 6.87. The summed E-state index contributed by atoms with van der Waals surface area (Å²) in [6, 6.07) is 0. The van der Waals surface area contributed by atoms with Crippen LogP contribution in [-0.4, -0.2) is 25.7 Å². The van der Waals surface area contributed by atoms with E-state index in [2.05, 4.69) is 11.9 Å². The van der Waals surface area contributed by atoms with Crippen molar-refractivity contribution in [3.63, 3.8) is 0 Å². The Bertz CT molecular complexity index is 465. The van der Waals surface area contributed by atoms with Crippen molar-refractivity contribution >= 4 is 17.2 Å². The Hall–Kier alpha value is -1.13. The Morgan fingerprint density at radius 1 is 1.47 bits per heavy atom. The highest BCUT2D eigenvalue weighted by Gasteiger charge is 2.19. The summed E-state index contributed by atoms with van der Waals surface area (Å²) >= 11 is 1.72. The topological polar surface area (TPSA) is 38.3 Å². The monoisotopic (exact) mass is 279 g/mol. The maximum atomic E-state index is 12.1. The molecular formula is C15H21NO2S. The fourth-order valence-corrected chi connectivity index (χ4v) is 3.39. The molecule has 0 aromatic carbocycles. The first-order valence-corrected chi connectivity index (χ1v) is 7.66. The van der Waals surface area contributed by atoms with Gasteiger partial charge >= 0.3 is 0 Å². The van der Waals surface area contributed by atoms with E-state index in [-0.39, 0.29) is 5.91 Å². The smallest absolute Gasteiger partial charge is 0.252 e. The van der Waals surface area contributed by atoms with Gasteiger partial charge in [0, 0.05) is 16.8 Å². The lowest BCUT2D eigenvalue weighted by molar-refractivity contribution is 0.0926. The summed E-state index contributed by atoms with van der Waals surface area (Å²) in [5.74, 6) is 0.0401. The predicted octanol–water partition coefficient (Wildman–Crippen LogP) is 2.95. The fraction of sp³-hybridized carbons (Fsp3) is 0.533. The average Bonchev–Trinajstić information content (AvgIpc) is 2.81. The number of fused-ring (bicyclic) bond motifs is 1. The van der Waals surface area contributed by atoms with E-state index in [9.17, 15) is 4.79 Å². The zero-order valence-electron chi connectivity index (χ0n) is 11.5. The van der Waals surface area contributed by atoms with Crippen molar-refractivity contribution in [3.8, 4) is 0 Å². The molecule has 1 N–H and O–H groups in total. The van der Waals surface area contributed by atoms with Crippen LogP contribution in [0.3, 0.4) is 0 Å². The van der Waals surface area contributed by atoms with Gasteiger partial charge in [0.25, 0.3) is 5.91 Å². The van der Waals surface area contributed by atoms with Gasteiger partial charge in [-0.1, -0.05) is 12.2 Å². The summed E-state index contributed by atoms with van der Waals surface area (Å²) in [6.07, 6.45) is 4.64. The quantitative estimate of drug-likeness (QED) is 0.642. The zero-order valence-corrected chi connectivity index (χ0v) is 12.3. The van der Waals surface area contributed by atoms with Crippen LogP contribution in [0, 0.1) is 0 Å². The number of hydrogen-bond acceptors (Lipinski definition) is 3. The van der Waals surface area contributed by atoms with Gasteiger partial charge in [-0.25, -0.2) is 0 Å². The van der Waals surface area contributed by atoms with E-state index in [4.69, 9.17) is 4.74 Å². The van der Waals surface area contributed by atoms with Crippen molar-refractivity contribution in [2.45, 2.75) is 32.6 Å². The van der Waals surface area contributed by atoms with Gasteiger partial charge in [-0.05, 0) is 38.2 Å². The predicted molar refractivity (Wildman–Crippen MR) is 78.9 cm³/mol. The molecule has 0 fully saturated rings. The number of hydrogen-bond donors (Lipinski definition) is 1. The average molecular weight is 279 g/mol. The molecule has 1 aromatic rings. The third-order valence-corrected chi connectivity index (χ3v) is 4.27. The highest BCUT2D eigenvalue weighted by atomic mass is 32.1. The van der Waals surface area contributed by atoms with Crippen LogP contribution in [0.5, 0.6) is 0 Å². The molecule has 0 saturated carbocycles. The van der Waals surface area contributed by atoms with Crippen molar-refractivity contribution in [1.82, 2.24) is 5.32 Å². The number of thiophene rings is 1. The first-order valence-electron chi connectivity index (χ1n) is 6.78. The molecule has 3 nitrogen and oxygen atoms in total. The molecule has 0 aliphatic heterocycles. The molecule has 4 heteroatoms. The van der Waals surface area contributed by atoms with Gasteiger partial charge in [0.15, 0.2) is 0 Å². The SMILES string of the molecule is C=C(C)COCCNC(=O)c1csc2c1CCCC2. The van der Waals surface area contributed by atoms with Crippen LogP contribution in [0.25, 0.3) is 0 Å². The van der Waals surface area contributed by atoms with Crippen LogP contribution in [0.1, 0.15) is 40.6 Å². The first kappa shape index (κ1) is 14.3. The molecule has 104 valence electrons. The van der Waals surface area contributed by atoms with Crippen molar-refractivity contribution in [1.29, 1.82) is 0 Å². The first-order chi connectivity index (χ1) is 9.18. The molecule has 1 aliphatic rings. The third kappa shape index (κ3) is 3.91. The molecule has 1 heterocycles. The molecule has 0 atom stereocenters. The van der Waals surface area contributed by atoms with Crippen molar-refractivity contribution in [3.05, 3.63) is 33.5 Å². The van der Waals surface area contributed by atoms with Gasteiger partial charge in [0.1, 0.15) is 0 Å². The molecule has 1 amide bonds. The summed E-state index contributed by atoms with van der Waals surface area (Å²) < 4.78 is 5.36. The zero-order chi connectivity index (χ0) is 13.7. The van der Waals surface area contributed by atoms with Gasteiger partial charge in [-0.2, -0.15) is 0 Å². The van der Waals surface area contributed by atoms with Crippen LogP contribution in [0.15, 0.2) is 17.5 Å². The number of aryl methyl sites for hydroxylation is 1. The van der Waals surface area contributed by atoms with E-state index in [1.807, 2.05) is 12.3 Å². The molecule has 19 heavy (non-hydrogen) atoms. The van der Waals surface area contributed by atoms with Gasteiger partial charge in [0.05, 0.1) is 18.8 Å². The number of carbonyl (C=O) groups excluding carboxylic acids is 1. The lowest BCUT2D eigenvalue weighted by atomic mass is 9.96. The summed E-state index contributed by atoms with van der Waals surface area (Å²) in [4.78, 5) is 13.5. The van der Waals surface area contributed by atoms with Crippen LogP contribution in [0.2, 0.25) is 0 Å². The van der Waals surface area contributed by atoms with Crippen molar-refractivity contribution in [2.75, 3.05) is 19.8 Å². The van der Waals surface area contributed by atoms with E-state index in [1.165, 1.54) is 23.3 Å². The van der Waals surface area contributed by atoms with Crippen molar-refractivity contribution in [2.24, 2.45) is 0 Å². The Kier molecular flexibility index (Phi) is 5.16. The highest BCUT2D eigenvalue weighted by molar-refractivity contribution is 7.10. The van der Waals surface area contributed by atoms with Gasteiger partial charge in [0.2, 0.25) is 0 Å². The minimum atomic E-state index is 0.0401. The van der Waals surface area contributed by atoms with Crippen molar-refractivity contribution < 1.29 is 9.53 Å². The van der Waals surface area contributed by atoms with Crippen LogP contribution < -0.4 is 5.32 Å². The summed E-state index contributed by atoms with van der Waals surface area (Å²) in [5.41, 5.74) is 3.15. The van der Waals surface area contributed by atoms with E-state index in [1.54, 1.807) is 11.3 Å². The standard InChI is InChI=1S/C15H21NO2S/c1-11(2)9-18-8-7-16-15(17)13-10-19-14-6-4-3-5-12(13)14/h10H,1,3-9H2,2H3,(H,16,17). The van der Waals surface area contributed by atoms with Gasteiger partial charge in [-0.15, -0.1) is 11.3 Å². The number of rotatable bonds is 6. The molecule has 0 unspecified atom stereocenters. The Balaban J connectivity index is 1.80. The number of amides is 1. The molecular weight excluding hydrogens is 258 g/mol. The molecule has 2 rings (SSSR count). The minimum absolute atomic E-state index is 0.0401. The van der Waals surface area contributed by atoms with Crippen LogP contribution in [-0.2, 0) is 17.6 Å². The summed E-state index contributed by atoms with van der Waals surface area (Å²) in [6.45, 7) is 7.34. The normalized spacial score (nSPS) is 13.9. The molecule has 0 bridgehead atoms. The third-order valence-electron chi connectivity index (χ3n) is 3.19. The summed E-state index contributed by atoms with van der Waals surface area (Å²) in [5, 5.41) is 4.92. The molecule has 0 spiro atoms. The second-order valence-corrected chi connectivity index (χ2v) is 5.99. The molecule has 1 aliphatic carbocycles. The maximum absolute atomic E-state index is 12.1. The Labute approximate surface area is 118 Å². The second-order valence-electron chi connectivity index (χ2n) is 5.02. The fourth-order valence-electron chi connectivity index (χ4n) is 2.26. The largest absolute Gasteiger partial charge is 0.375 e. The number of ether oxygens (including phenoxy) is 1. The lowest BCUT2D eigenvalue weighted by Gasteiger charge is -2.12. The van der Waals surface area contributed by atoms with Crippen LogP contribution >= 0.6 is 11.3 Å². The minimum Gasteiger partial charge on any atom is -0.375 e. The Morgan fingerprint density at radius 3 is 3.05 bits per heavy atom. The number of nitrogens with one attached hydrogen (secondary N) is 1. The van der Waals surface area contributed by atoms with Crippen LogP contribution in [0.4, 0.5) is 0 Å². The van der Waals surface area contributed by atoms with E-state index in [0.29, 0.717) is 19.8 Å². The van der Waals surface area contributed by atoms with E-state index >= 15 is 0 Å². The van der Waals surface area contributed by atoms with E-state index in [0.717, 1.165) is 24.0 Å². The van der Waals surface area contributed by atoms with Gasteiger partial charge < -0.3 is 10.1 Å². The van der Waals surface area contributed by atoms with E-state index < -0.39 is 0 Å². The molecule has 0 saturated heterocycles. The lowest BCUT2D eigenvalue weighted by Crippen LogP contribution is -2.28. The Morgan fingerprint density at radius 2 is 2.26 bits per heavy atom. The van der Waals surface area contributed by atoms with Gasteiger partial charge in [-0.3, -0.25) is 4.79 Å². The highest BCUT2D eigenvalue weighted by Crippen LogP contribution is 2.29.